The Morgan fingerprint density at radius 2 is 1.41 bits per heavy atom. The Morgan fingerprint density at radius 1 is 0.793 bits per heavy atom. The highest BCUT2D eigenvalue weighted by molar-refractivity contribution is 6.09. The summed E-state index contributed by atoms with van der Waals surface area (Å²) in [6, 6.07) is 27.7. The third-order valence-electron chi connectivity index (χ3n) is 5.60. The van der Waals surface area contributed by atoms with Gasteiger partial charge in [-0.3, -0.25) is 9.59 Å². The summed E-state index contributed by atoms with van der Waals surface area (Å²) >= 11 is 0. The van der Waals surface area contributed by atoms with Gasteiger partial charge in [-0.2, -0.15) is 0 Å². The van der Waals surface area contributed by atoms with E-state index in [1.165, 1.54) is 0 Å². The molecule has 0 radical (unpaired) electrons. The number of carbonyl (C=O) groups excluding carboxylic acids is 2. The maximum Gasteiger partial charge on any atom is 0.229 e. The Kier molecular flexibility index (Phi) is 4.24. The van der Waals surface area contributed by atoms with Gasteiger partial charge in [0.2, 0.25) is 11.8 Å². The molecule has 1 atom stereocenters. The van der Waals surface area contributed by atoms with E-state index in [9.17, 15) is 9.59 Å². The van der Waals surface area contributed by atoms with Crippen LogP contribution in [0.5, 0.6) is 0 Å². The van der Waals surface area contributed by atoms with Crippen LogP contribution in [-0.4, -0.2) is 18.4 Å². The van der Waals surface area contributed by atoms with Crippen molar-refractivity contribution in [1.82, 2.24) is 0 Å². The predicted octanol–water partition coefficient (Wildman–Crippen LogP) is 4.98. The molecule has 1 saturated heterocycles. The van der Waals surface area contributed by atoms with E-state index >= 15 is 0 Å². The zero-order valence-corrected chi connectivity index (χ0v) is 15.8. The molecule has 1 aliphatic rings. The van der Waals surface area contributed by atoms with E-state index in [1.807, 2.05) is 84.9 Å². The topological polar surface area (TPSA) is 49.4 Å². The molecule has 4 aromatic rings. The van der Waals surface area contributed by atoms with E-state index in [0.29, 0.717) is 6.54 Å². The minimum Gasteiger partial charge on any atom is -0.325 e. The molecular formula is C25H20N2O2. The quantitative estimate of drug-likeness (QED) is 0.545. The highest BCUT2D eigenvalue weighted by Crippen LogP contribution is 2.32. The van der Waals surface area contributed by atoms with E-state index in [1.54, 1.807) is 4.90 Å². The number of anilines is 2. The van der Waals surface area contributed by atoms with Crippen LogP contribution in [0.25, 0.3) is 21.5 Å². The summed E-state index contributed by atoms with van der Waals surface area (Å²) in [6.07, 6.45) is 0.222. The number of rotatable bonds is 3. The summed E-state index contributed by atoms with van der Waals surface area (Å²) in [5.41, 5.74) is 1.65. The van der Waals surface area contributed by atoms with E-state index in [2.05, 4.69) is 5.32 Å². The predicted molar refractivity (Wildman–Crippen MR) is 117 cm³/mol. The maximum atomic E-state index is 13.0. The van der Waals surface area contributed by atoms with Crippen molar-refractivity contribution in [3.8, 4) is 0 Å². The van der Waals surface area contributed by atoms with Crippen LogP contribution in [-0.2, 0) is 9.59 Å². The number of fused-ring (bicyclic) bond motifs is 2. The van der Waals surface area contributed by atoms with Crippen molar-refractivity contribution in [3.63, 3.8) is 0 Å². The second-order valence-electron chi connectivity index (χ2n) is 7.42. The lowest BCUT2D eigenvalue weighted by Crippen LogP contribution is -2.28. The smallest absolute Gasteiger partial charge is 0.229 e. The van der Waals surface area contributed by atoms with E-state index in [-0.39, 0.29) is 24.2 Å². The number of hydrogen-bond donors (Lipinski definition) is 1. The zero-order chi connectivity index (χ0) is 19.8. The molecule has 1 N–H and O–H groups in total. The number of hydrogen-bond acceptors (Lipinski definition) is 2. The van der Waals surface area contributed by atoms with Crippen molar-refractivity contribution in [2.75, 3.05) is 16.8 Å². The summed E-state index contributed by atoms with van der Waals surface area (Å²) in [6.45, 7) is 0.392. The van der Waals surface area contributed by atoms with Crippen LogP contribution in [0.4, 0.5) is 11.4 Å². The molecule has 0 bridgehead atoms. The fourth-order valence-corrected chi connectivity index (χ4v) is 4.13. The van der Waals surface area contributed by atoms with Gasteiger partial charge in [0.25, 0.3) is 0 Å². The Labute approximate surface area is 168 Å². The number of amides is 2. The highest BCUT2D eigenvalue weighted by Gasteiger charge is 2.35. The second kappa shape index (κ2) is 7.06. The van der Waals surface area contributed by atoms with Gasteiger partial charge in [0.05, 0.1) is 11.6 Å². The van der Waals surface area contributed by atoms with Gasteiger partial charge < -0.3 is 10.2 Å². The molecule has 0 spiro atoms. The Balaban J connectivity index is 1.40. The summed E-state index contributed by atoms with van der Waals surface area (Å²) in [7, 11) is 0. The van der Waals surface area contributed by atoms with Crippen LogP contribution in [0.1, 0.15) is 6.42 Å². The molecule has 142 valence electrons. The highest BCUT2D eigenvalue weighted by atomic mass is 16.2. The van der Waals surface area contributed by atoms with Crippen LogP contribution in [0.3, 0.4) is 0 Å². The minimum atomic E-state index is -0.375. The average molecular weight is 380 g/mol. The lowest BCUT2D eigenvalue weighted by Gasteiger charge is -2.19. The fourth-order valence-electron chi connectivity index (χ4n) is 4.13. The van der Waals surface area contributed by atoms with E-state index < -0.39 is 0 Å². The van der Waals surface area contributed by atoms with Crippen molar-refractivity contribution < 1.29 is 9.59 Å². The molecule has 0 unspecified atom stereocenters. The number of nitrogens with zero attached hydrogens (tertiary/aromatic N) is 1. The van der Waals surface area contributed by atoms with Gasteiger partial charge in [-0.1, -0.05) is 72.8 Å². The first-order valence-corrected chi connectivity index (χ1v) is 9.77. The third kappa shape index (κ3) is 3.13. The first-order chi connectivity index (χ1) is 14.2. The molecule has 1 fully saturated rings. The molecule has 1 aliphatic heterocycles. The van der Waals surface area contributed by atoms with Crippen molar-refractivity contribution in [2.45, 2.75) is 6.42 Å². The van der Waals surface area contributed by atoms with Gasteiger partial charge in [-0.15, -0.1) is 0 Å². The lowest BCUT2D eigenvalue weighted by molar-refractivity contribution is -0.122. The monoisotopic (exact) mass is 380 g/mol. The van der Waals surface area contributed by atoms with Crippen LogP contribution in [0.15, 0.2) is 84.9 Å². The maximum absolute atomic E-state index is 13.0. The molecular weight excluding hydrogens is 360 g/mol. The van der Waals surface area contributed by atoms with E-state index in [4.69, 9.17) is 0 Å². The molecule has 4 aromatic carbocycles. The summed E-state index contributed by atoms with van der Waals surface area (Å²) in [5.74, 6) is -0.503. The normalized spacial score (nSPS) is 16.5. The number of nitrogens with one attached hydrogen (secondary N) is 1. The average Bonchev–Trinajstić information content (AvgIpc) is 3.15. The van der Waals surface area contributed by atoms with Crippen LogP contribution >= 0.6 is 0 Å². The van der Waals surface area contributed by atoms with Crippen molar-refractivity contribution in [1.29, 1.82) is 0 Å². The largest absolute Gasteiger partial charge is 0.325 e. The molecule has 0 aliphatic carbocycles. The van der Waals surface area contributed by atoms with E-state index in [0.717, 1.165) is 32.9 Å². The van der Waals surface area contributed by atoms with Crippen LogP contribution in [0.2, 0.25) is 0 Å². The van der Waals surface area contributed by atoms with Crippen molar-refractivity contribution >= 4 is 44.7 Å². The third-order valence-corrected chi connectivity index (χ3v) is 5.60. The van der Waals surface area contributed by atoms with Crippen LogP contribution in [0, 0.1) is 5.92 Å². The van der Waals surface area contributed by atoms with Gasteiger partial charge in [0.1, 0.15) is 0 Å². The fraction of sp³-hybridized carbons (Fsp3) is 0.120. The molecule has 29 heavy (non-hydrogen) atoms. The van der Waals surface area contributed by atoms with Gasteiger partial charge in [-0.25, -0.2) is 0 Å². The molecule has 4 nitrogen and oxygen atoms in total. The first-order valence-electron chi connectivity index (χ1n) is 9.77. The lowest BCUT2D eigenvalue weighted by atomic mass is 10.1. The summed E-state index contributed by atoms with van der Waals surface area (Å²) in [4.78, 5) is 27.4. The molecule has 4 heteroatoms. The minimum absolute atomic E-state index is 0.0144. The van der Waals surface area contributed by atoms with Crippen molar-refractivity contribution in [2.24, 2.45) is 5.92 Å². The Hall–Kier alpha value is -3.66. The number of carbonyl (C=O) groups is 2. The Bertz CT molecular complexity index is 1240. The van der Waals surface area contributed by atoms with Crippen molar-refractivity contribution in [3.05, 3.63) is 84.9 Å². The first kappa shape index (κ1) is 17.4. The molecule has 0 aromatic heterocycles. The van der Waals surface area contributed by atoms with Gasteiger partial charge >= 0.3 is 0 Å². The molecule has 5 rings (SSSR count). The standard InChI is InChI=1S/C25H20N2O2/c28-24-15-19(16-27(24)23-14-6-10-18-8-2-4-12-21(18)23)25(29)26-22-13-5-9-17-7-1-3-11-20(17)22/h1-14,19H,15-16H2,(H,26,29)/t19-/m0/s1. The SMILES string of the molecule is O=C(Nc1cccc2ccccc12)[C@H]1CC(=O)N(c2cccc3ccccc23)C1. The summed E-state index contributed by atoms with van der Waals surface area (Å²) in [5, 5.41) is 7.22. The molecule has 2 amide bonds. The zero-order valence-electron chi connectivity index (χ0n) is 15.8. The van der Waals surface area contributed by atoms with Gasteiger partial charge in [0.15, 0.2) is 0 Å². The Morgan fingerprint density at radius 3 is 2.21 bits per heavy atom. The molecule has 1 heterocycles. The summed E-state index contributed by atoms with van der Waals surface area (Å²) < 4.78 is 0. The molecule has 0 saturated carbocycles. The van der Waals surface area contributed by atoms with Crippen LogP contribution < -0.4 is 10.2 Å². The van der Waals surface area contributed by atoms with Gasteiger partial charge in [0, 0.05) is 29.4 Å². The second-order valence-corrected chi connectivity index (χ2v) is 7.42. The van der Waals surface area contributed by atoms with Gasteiger partial charge in [-0.05, 0) is 22.9 Å². The number of benzene rings is 4.